The molecule has 100 valence electrons. The van der Waals surface area contributed by atoms with Gasteiger partial charge in [0.15, 0.2) is 0 Å². The molecule has 1 aromatic rings. The number of hydrogen-bond acceptors (Lipinski definition) is 2. The third-order valence-corrected chi connectivity index (χ3v) is 3.86. The second kappa shape index (κ2) is 5.27. The molecule has 3 heteroatoms. The molecule has 1 fully saturated rings. The van der Waals surface area contributed by atoms with Gasteiger partial charge < -0.3 is 10.6 Å². The summed E-state index contributed by atoms with van der Waals surface area (Å²) in [6, 6.07) is 5.52. The molecule has 2 nitrogen and oxygen atoms in total. The summed E-state index contributed by atoms with van der Waals surface area (Å²) in [4.78, 5) is 2.22. The van der Waals surface area contributed by atoms with E-state index in [-0.39, 0.29) is 11.9 Å². The second-order valence-corrected chi connectivity index (χ2v) is 5.61. The summed E-state index contributed by atoms with van der Waals surface area (Å²) in [6.45, 7) is 7.26. The standard InChI is InChI=1S/C15H23FN2/c1-10(2)14-8-5-9-18(14)15-12(11(3)17)6-4-7-13(15)16/h4,6-7,10-11,14H,5,8-9,17H2,1-3H3/t11-,14?/m0/s1. The van der Waals surface area contributed by atoms with E-state index in [1.807, 2.05) is 13.0 Å². The van der Waals surface area contributed by atoms with E-state index in [1.165, 1.54) is 6.07 Å². The van der Waals surface area contributed by atoms with Crippen molar-refractivity contribution in [3.05, 3.63) is 29.6 Å². The summed E-state index contributed by atoms with van der Waals surface area (Å²) in [7, 11) is 0. The SMILES string of the molecule is CC(C)C1CCCN1c1c(F)cccc1[C@H](C)N. The fourth-order valence-electron chi connectivity index (χ4n) is 2.97. The van der Waals surface area contributed by atoms with Crippen LogP contribution in [-0.4, -0.2) is 12.6 Å². The molecule has 0 aliphatic carbocycles. The topological polar surface area (TPSA) is 29.3 Å². The van der Waals surface area contributed by atoms with Gasteiger partial charge >= 0.3 is 0 Å². The molecule has 1 aromatic carbocycles. The molecule has 2 atom stereocenters. The van der Waals surface area contributed by atoms with Crippen LogP contribution in [0.25, 0.3) is 0 Å². The van der Waals surface area contributed by atoms with Crippen LogP contribution in [0.15, 0.2) is 18.2 Å². The van der Waals surface area contributed by atoms with Gasteiger partial charge in [-0.2, -0.15) is 0 Å². The average molecular weight is 250 g/mol. The lowest BCUT2D eigenvalue weighted by Crippen LogP contribution is -2.35. The summed E-state index contributed by atoms with van der Waals surface area (Å²) in [6.07, 6.45) is 2.28. The zero-order valence-electron chi connectivity index (χ0n) is 11.5. The lowest BCUT2D eigenvalue weighted by Gasteiger charge is -2.32. The number of halogens is 1. The van der Waals surface area contributed by atoms with Crippen molar-refractivity contribution in [1.29, 1.82) is 0 Å². The molecule has 0 amide bonds. The zero-order valence-corrected chi connectivity index (χ0v) is 11.5. The van der Waals surface area contributed by atoms with E-state index in [0.717, 1.165) is 30.6 Å². The Balaban J connectivity index is 2.43. The van der Waals surface area contributed by atoms with E-state index in [9.17, 15) is 4.39 Å². The monoisotopic (exact) mass is 250 g/mol. The Hall–Kier alpha value is -1.09. The first kappa shape index (κ1) is 13.3. The van der Waals surface area contributed by atoms with Gasteiger partial charge in [0, 0.05) is 18.6 Å². The normalized spacial score (nSPS) is 21.7. The third kappa shape index (κ3) is 2.37. The Bertz CT molecular complexity index is 415. The van der Waals surface area contributed by atoms with E-state index in [1.54, 1.807) is 6.07 Å². The highest BCUT2D eigenvalue weighted by molar-refractivity contribution is 5.57. The minimum atomic E-state index is -0.141. The van der Waals surface area contributed by atoms with Crippen LogP contribution in [0.2, 0.25) is 0 Å². The van der Waals surface area contributed by atoms with E-state index < -0.39 is 0 Å². The fraction of sp³-hybridized carbons (Fsp3) is 0.600. The molecule has 2 N–H and O–H groups in total. The number of anilines is 1. The molecule has 1 heterocycles. The predicted octanol–water partition coefficient (Wildman–Crippen LogP) is 3.47. The predicted molar refractivity (Wildman–Crippen MR) is 74.2 cm³/mol. The summed E-state index contributed by atoms with van der Waals surface area (Å²) >= 11 is 0. The Morgan fingerprint density at radius 1 is 1.33 bits per heavy atom. The molecule has 1 unspecified atom stereocenters. The molecular weight excluding hydrogens is 227 g/mol. The summed E-state index contributed by atoms with van der Waals surface area (Å²) in [5.41, 5.74) is 7.62. The quantitative estimate of drug-likeness (QED) is 0.890. The van der Waals surface area contributed by atoms with E-state index in [4.69, 9.17) is 5.73 Å². The third-order valence-electron chi connectivity index (χ3n) is 3.86. The van der Waals surface area contributed by atoms with Crippen molar-refractivity contribution >= 4 is 5.69 Å². The molecule has 1 aliphatic rings. The smallest absolute Gasteiger partial charge is 0.146 e. The molecule has 0 spiro atoms. The van der Waals surface area contributed by atoms with Gasteiger partial charge in [0.2, 0.25) is 0 Å². The van der Waals surface area contributed by atoms with Gasteiger partial charge in [0.25, 0.3) is 0 Å². The first-order valence-electron chi connectivity index (χ1n) is 6.83. The van der Waals surface area contributed by atoms with Crippen LogP contribution in [0.4, 0.5) is 10.1 Å². The van der Waals surface area contributed by atoms with E-state index >= 15 is 0 Å². The maximum Gasteiger partial charge on any atom is 0.146 e. The van der Waals surface area contributed by atoms with Gasteiger partial charge in [-0.1, -0.05) is 26.0 Å². The lowest BCUT2D eigenvalue weighted by atomic mass is 9.99. The number of para-hydroxylation sites is 1. The maximum absolute atomic E-state index is 14.2. The number of nitrogens with zero attached hydrogens (tertiary/aromatic N) is 1. The fourth-order valence-corrected chi connectivity index (χ4v) is 2.97. The van der Waals surface area contributed by atoms with Crippen LogP contribution >= 0.6 is 0 Å². The first-order chi connectivity index (χ1) is 8.52. The van der Waals surface area contributed by atoms with E-state index in [2.05, 4.69) is 18.7 Å². The van der Waals surface area contributed by atoms with Crippen LogP contribution < -0.4 is 10.6 Å². The number of nitrogens with two attached hydrogens (primary N) is 1. The van der Waals surface area contributed by atoms with Crippen LogP contribution in [0.5, 0.6) is 0 Å². The molecule has 0 aromatic heterocycles. The molecule has 0 saturated carbocycles. The van der Waals surface area contributed by atoms with Crippen LogP contribution in [0, 0.1) is 11.7 Å². The Labute approximate surface area is 109 Å². The molecule has 18 heavy (non-hydrogen) atoms. The van der Waals surface area contributed by atoms with Gasteiger partial charge in [-0.25, -0.2) is 4.39 Å². The summed E-state index contributed by atoms with van der Waals surface area (Å²) in [5.74, 6) is 0.394. The maximum atomic E-state index is 14.2. The van der Waals surface area contributed by atoms with Crippen LogP contribution in [-0.2, 0) is 0 Å². The lowest BCUT2D eigenvalue weighted by molar-refractivity contribution is 0.484. The molecular formula is C15H23FN2. The highest BCUT2D eigenvalue weighted by Gasteiger charge is 2.30. The molecule has 0 bridgehead atoms. The van der Waals surface area contributed by atoms with Crippen molar-refractivity contribution < 1.29 is 4.39 Å². The Morgan fingerprint density at radius 2 is 2.06 bits per heavy atom. The zero-order chi connectivity index (χ0) is 13.3. The van der Waals surface area contributed by atoms with Crippen molar-refractivity contribution in [3.63, 3.8) is 0 Å². The first-order valence-corrected chi connectivity index (χ1v) is 6.83. The highest BCUT2D eigenvalue weighted by Crippen LogP contribution is 2.35. The van der Waals surface area contributed by atoms with E-state index in [0.29, 0.717) is 12.0 Å². The van der Waals surface area contributed by atoms with Crippen molar-refractivity contribution in [3.8, 4) is 0 Å². The minimum absolute atomic E-state index is 0.135. The Morgan fingerprint density at radius 3 is 2.67 bits per heavy atom. The van der Waals surface area contributed by atoms with Crippen LogP contribution in [0.3, 0.4) is 0 Å². The van der Waals surface area contributed by atoms with Crippen LogP contribution in [0.1, 0.15) is 45.2 Å². The number of rotatable bonds is 3. The van der Waals surface area contributed by atoms with Gasteiger partial charge in [0.05, 0.1) is 5.69 Å². The molecule has 2 rings (SSSR count). The highest BCUT2D eigenvalue weighted by atomic mass is 19.1. The molecule has 1 aliphatic heterocycles. The average Bonchev–Trinajstić information content (AvgIpc) is 2.77. The van der Waals surface area contributed by atoms with Crippen molar-refractivity contribution in [2.24, 2.45) is 11.7 Å². The van der Waals surface area contributed by atoms with Crippen molar-refractivity contribution in [2.75, 3.05) is 11.4 Å². The summed E-state index contributed by atoms with van der Waals surface area (Å²) in [5, 5.41) is 0. The molecule has 1 saturated heterocycles. The minimum Gasteiger partial charge on any atom is -0.366 e. The van der Waals surface area contributed by atoms with Crippen molar-refractivity contribution in [1.82, 2.24) is 0 Å². The van der Waals surface area contributed by atoms with Gasteiger partial charge in [0.1, 0.15) is 5.82 Å². The molecule has 0 radical (unpaired) electrons. The number of hydrogen-bond donors (Lipinski definition) is 1. The second-order valence-electron chi connectivity index (χ2n) is 5.61. The van der Waals surface area contributed by atoms with Gasteiger partial charge in [-0.3, -0.25) is 0 Å². The number of benzene rings is 1. The Kier molecular flexibility index (Phi) is 3.91. The van der Waals surface area contributed by atoms with Gasteiger partial charge in [-0.05, 0) is 37.3 Å². The largest absolute Gasteiger partial charge is 0.366 e. The summed E-state index contributed by atoms with van der Waals surface area (Å²) < 4.78 is 14.2. The van der Waals surface area contributed by atoms with Crippen molar-refractivity contribution in [2.45, 2.75) is 45.7 Å². The van der Waals surface area contributed by atoms with Gasteiger partial charge in [-0.15, -0.1) is 0 Å².